The Kier molecular flexibility index (Phi) is 13.4. The molecule has 0 aliphatic carbocycles. The largest absolute Gasteiger partial charge is 0.379 e. The highest BCUT2D eigenvalue weighted by molar-refractivity contribution is 8.13. The molecule has 0 unspecified atom stereocenters. The summed E-state index contributed by atoms with van der Waals surface area (Å²) in [6, 6.07) is 0. The van der Waals surface area contributed by atoms with Gasteiger partial charge in [-0.05, 0) is 6.42 Å². The topological polar surface area (TPSA) is 73.7 Å². The summed E-state index contributed by atoms with van der Waals surface area (Å²) >= 11 is 1.42. The van der Waals surface area contributed by atoms with E-state index in [0.717, 1.165) is 12.2 Å². The summed E-state index contributed by atoms with van der Waals surface area (Å²) in [5.41, 5.74) is 5.08. The highest BCUT2D eigenvalue weighted by Gasteiger charge is 1.87. The van der Waals surface area contributed by atoms with Crippen LogP contribution in [-0.4, -0.2) is 10.9 Å². The Morgan fingerprint density at radius 1 is 1.70 bits per heavy atom. The van der Waals surface area contributed by atoms with Crippen molar-refractivity contribution in [2.45, 2.75) is 19.8 Å². The first kappa shape index (κ1) is 12.0. The fourth-order valence-electron chi connectivity index (χ4n) is 0.326. The number of nitrogens with zero attached hydrogens (tertiary/aromatic N) is 1. The minimum Gasteiger partial charge on any atom is -0.379 e. The second kappa shape index (κ2) is 11.2. The van der Waals surface area contributed by atoms with Gasteiger partial charge in [0, 0.05) is 12.3 Å². The van der Waals surface area contributed by atoms with Crippen LogP contribution in [-0.2, 0) is 0 Å². The molecule has 10 heavy (non-hydrogen) atoms. The predicted molar refractivity (Wildman–Crippen MR) is 46.0 cm³/mol. The van der Waals surface area contributed by atoms with E-state index in [1.807, 2.05) is 0 Å². The monoisotopic (exact) mass is 159 g/mol. The minimum atomic E-state index is 0.235. The van der Waals surface area contributed by atoms with Gasteiger partial charge in [0.25, 0.3) is 0 Å². The number of hydrogen-bond donors (Lipinski definition) is 2. The molecule has 0 aromatic heterocycles. The third-order valence-corrected chi connectivity index (χ3v) is 1.56. The van der Waals surface area contributed by atoms with Gasteiger partial charge in [0.05, 0.1) is 0 Å². The van der Waals surface area contributed by atoms with Crippen LogP contribution in [0, 0.1) is 17.2 Å². The van der Waals surface area contributed by atoms with E-state index in [9.17, 15) is 0 Å². The molecule has 0 saturated heterocycles. The third-order valence-electron chi connectivity index (χ3n) is 0.755. The van der Waals surface area contributed by atoms with Crippen LogP contribution in [0.3, 0.4) is 0 Å². The molecular formula is C6H13N3S. The van der Waals surface area contributed by atoms with E-state index < -0.39 is 0 Å². The smallest absolute Gasteiger partial charge is 0.151 e. The normalized spacial score (nSPS) is 7.50. The van der Waals surface area contributed by atoms with Gasteiger partial charge in [-0.3, -0.25) is 5.41 Å². The van der Waals surface area contributed by atoms with Gasteiger partial charge in [-0.25, -0.2) is 5.26 Å². The predicted octanol–water partition coefficient (Wildman–Crippen LogP) is 1.55. The Bertz CT molecular complexity index is 100. The zero-order chi connectivity index (χ0) is 8.41. The van der Waals surface area contributed by atoms with E-state index in [1.165, 1.54) is 18.2 Å². The van der Waals surface area contributed by atoms with Crippen LogP contribution in [0.4, 0.5) is 0 Å². The lowest BCUT2D eigenvalue weighted by atomic mass is 10.4. The molecule has 0 aromatic carbocycles. The fourth-order valence-corrected chi connectivity index (χ4v) is 0.979. The van der Waals surface area contributed by atoms with Gasteiger partial charge in [0.1, 0.15) is 0 Å². The first-order valence-corrected chi connectivity index (χ1v) is 3.98. The van der Waals surface area contributed by atoms with Crippen LogP contribution in [0.15, 0.2) is 0 Å². The molecule has 58 valence electrons. The number of amidine groups is 1. The zero-order valence-corrected chi connectivity index (χ0v) is 6.95. The van der Waals surface area contributed by atoms with Crippen LogP contribution in [0.5, 0.6) is 0 Å². The van der Waals surface area contributed by atoms with E-state index in [4.69, 9.17) is 16.4 Å². The summed E-state index contributed by atoms with van der Waals surface area (Å²) in [5, 5.41) is 13.5. The summed E-state index contributed by atoms with van der Waals surface area (Å²) in [5.74, 6) is 0.992. The summed E-state index contributed by atoms with van der Waals surface area (Å²) in [6.07, 6.45) is 2.34. The quantitative estimate of drug-likeness (QED) is 0.373. The number of nitrogens with one attached hydrogen (secondary N) is 1. The molecule has 3 N–H and O–H groups in total. The lowest BCUT2D eigenvalue weighted by Gasteiger charge is -1.93. The number of rotatable bonds is 3. The minimum absolute atomic E-state index is 0.235. The molecule has 0 saturated carbocycles. The molecule has 0 spiro atoms. The van der Waals surface area contributed by atoms with Crippen LogP contribution in [0.2, 0.25) is 0 Å². The molecule has 0 heterocycles. The molecule has 0 aliphatic heterocycles. The SMILES string of the molecule is C#N.CCCCSC(=N)N. The van der Waals surface area contributed by atoms with E-state index >= 15 is 0 Å². The van der Waals surface area contributed by atoms with Crippen molar-refractivity contribution in [3.05, 3.63) is 0 Å². The van der Waals surface area contributed by atoms with Crippen LogP contribution in [0.25, 0.3) is 0 Å². The van der Waals surface area contributed by atoms with Gasteiger partial charge in [-0.1, -0.05) is 25.1 Å². The maximum absolute atomic E-state index is 6.81. The van der Waals surface area contributed by atoms with Crippen LogP contribution in [0.1, 0.15) is 19.8 Å². The molecule has 0 bridgehead atoms. The fraction of sp³-hybridized carbons (Fsp3) is 0.667. The Balaban J connectivity index is 0. The lowest BCUT2D eigenvalue weighted by molar-refractivity contribution is 0.898. The van der Waals surface area contributed by atoms with Gasteiger partial charge in [0.2, 0.25) is 0 Å². The van der Waals surface area contributed by atoms with Crippen molar-refractivity contribution >= 4 is 16.9 Å². The number of unbranched alkanes of at least 4 members (excludes halogenated alkanes) is 1. The van der Waals surface area contributed by atoms with Gasteiger partial charge in [-0.15, -0.1) is 0 Å². The van der Waals surface area contributed by atoms with Crippen LogP contribution >= 0.6 is 11.8 Å². The van der Waals surface area contributed by atoms with Crippen molar-refractivity contribution in [1.82, 2.24) is 0 Å². The molecule has 0 aromatic rings. The van der Waals surface area contributed by atoms with Crippen molar-refractivity contribution in [2.24, 2.45) is 5.73 Å². The average molecular weight is 159 g/mol. The standard InChI is InChI=1S/C5H12N2S.CHN/c1-2-3-4-8-5(6)7;1-2/h2-4H2,1H3,(H3,6,7);1H. The first-order chi connectivity index (χ1) is 4.77. The third kappa shape index (κ3) is 15.7. The molecule has 0 atom stereocenters. The first-order valence-electron chi connectivity index (χ1n) is 3.00. The van der Waals surface area contributed by atoms with E-state index in [0.29, 0.717) is 0 Å². The van der Waals surface area contributed by atoms with Crippen molar-refractivity contribution in [2.75, 3.05) is 5.75 Å². The maximum atomic E-state index is 6.81. The van der Waals surface area contributed by atoms with Gasteiger partial charge in [0.15, 0.2) is 5.17 Å². The molecule has 0 amide bonds. The molecule has 3 nitrogen and oxygen atoms in total. The molecule has 0 fully saturated rings. The van der Waals surface area contributed by atoms with Gasteiger partial charge < -0.3 is 5.73 Å². The highest BCUT2D eigenvalue weighted by atomic mass is 32.2. The van der Waals surface area contributed by atoms with Crippen molar-refractivity contribution < 1.29 is 0 Å². The summed E-state index contributed by atoms with van der Waals surface area (Å²) < 4.78 is 0. The maximum Gasteiger partial charge on any atom is 0.151 e. The molecule has 0 rings (SSSR count). The second-order valence-electron chi connectivity index (χ2n) is 1.57. The van der Waals surface area contributed by atoms with E-state index in [-0.39, 0.29) is 5.17 Å². The molecular weight excluding hydrogens is 146 g/mol. The molecule has 4 heteroatoms. The summed E-state index contributed by atoms with van der Waals surface area (Å²) in [7, 11) is 0. The summed E-state index contributed by atoms with van der Waals surface area (Å²) in [4.78, 5) is 0. The Morgan fingerprint density at radius 3 is 2.50 bits per heavy atom. The van der Waals surface area contributed by atoms with E-state index in [2.05, 4.69) is 13.5 Å². The zero-order valence-electron chi connectivity index (χ0n) is 6.13. The van der Waals surface area contributed by atoms with Crippen molar-refractivity contribution in [3.63, 3.8) is 0 Å². The number of nitriles is 1. The Hall–Kier alpha value is -0.690. The highest BCUT2D eigenvalue weighted by Crippen LogP contribution is 2.01. The van der Waals surface area contributed by atoms with Gasteiger partial charge >= 0.3 is 0 Å². The Morgan fingerprint density at radius 2 is 2.20 bits per heavy atom. The average Bonchev–Trinajstić information content (AvgIpc) is 1.92. The van der Waals surface area contributed by atoms with E-state index in [1.54, 1.807) is 0 Å². The number of nitrogens with two attached hydrogens (primary N) is 1. The number of hydrogen-bond acceptors (Lipinski definition) is 3. The van der Waals surface area contributed by atoms with Crippen molar-refractivity contribution in [3.8, 4) is 6.57 Å². The second-order valence-corrected chi connectivity index (χ2v) is 2.70. The van der Waals surface area contributed by atoms with Crippen LogP contribution < -0.4 is 5.73 Å². The number of thioether (sulfide) groups is 1. The lowest BCUT2D eigenvalue weighted by Crippen LogP contribution is -2.04. The van der Waals surface area contributed by atoms with Crippen molar-refractivity contribution in [1.29, 1.82) is 10.7 Å². The van der Waals surface area contributed by atoms with Gasteiger partial charge in [-0.2, -0.15) is 0 Å². The Labute approximate surface area is 66.1 Å². The molecule has 0 aliphatic rings. The molecule has 0 radical (unpaired) electrons. The summed E-state index contributed by atoms with van der Waals surface area (Å²) in [6.45, 7) is 5.63.